The molecule has 2 saturated heterocycles. The summed E-state index contributed by atoms with van der Waals surface area (Å²) in [6.45, 7) is 11.9. The number of benzene rings is 1. The minimum absolute atomic E-state index is 0.115. The molecule has 0 aliphatic carbocycles. The van der Waals surface area contributed by atoms with Crippen LogP contribution in [0.3, 0.4) is 0 Å². The van der Waals surface area contributed by atoms with Crippen LogP contribution in [-0.4, -0.2) is 89.7 Å². The number of morpholine rings is 1. The highest BCUT2D eigenvalue weighted by atomic mass is 16.5. The SMILES string of the molecule is CC(C)Oc1ccc2[nH]nc(-c3cc(N4CCO[C@@H](CCN5CCNCC5)C4)ncn3)c2c1. The number of aromatic amines is 1. The maximum atomic E-state index is 6.07. The van der Waals surface area contributed by atoms with Gasteiger partial charge in [-0.3, -0.25) is 5.10 Å². The van der Waals surface area contributed by atoms with Gasteiger partial charge in [-0.25, -0.2) is 9.97 Å². The van der Waals surface area contributed by atoms with Crippen LogP contribution in [-0.2, 0) is 4.74 Å². The molecule has 5 rings (SSSR count). The second-order valence-corrected chi connectivity index (χ2v) is 9.03. The van der Waals surface area contributed by atoms with Gasteiger partial charge < -0.3 is 24.6 Å². The Morgan fingerprint density at radius 3 is 2.88 bits per heavy atom. The molecule has 9 heteroatoms. The quantitative estimate of drug-likeness (QED) is 0.566. The molecule has 2 N–H and O–H groups in total. The molecule has 2 aliphatic rings. The van der Waals surface area contributed by atoms with E-state index in [1.165, 1.54) is 0 Å². The summed E-state index contributed by atoms with van der Waals surface area (Å²) in [5.41, 5.74) is 2.57. The number of fused-ring (bicyclic) bond motifs is 1. The van der Waals surface area contributed by atoms with Crippen LogP contribution in [0.4, 0.5) is 5.82 Å². The molecule has 0 radical (unpaired) electrons. The molecule has 176 valence electrons. The summed E-state index contributed by atoms with van der Waals surface area (Å²) in [5, 5.41) is 12.1. The summed E-state index contributed by atoms with van der Waals surface area (Å²) in [6, 6.07) is 8.02. The number of piperazine rings is 1. The molecule has 0 saturated carbocycles. The first-order chi connectivity index (χ1) is 16.2. The van der Waals surface area contributed by atoms with E-state index in [-0.39, 0.29) is 12.2 Å². The van der Waals surface area contributed by atoms with Crippen LogP contribution in [0, 0.1) is 0 Å². The fourth-order valence-electron chi connectivity index (χ4n) is 4.55. The largest absolute Gasteiger partial charge is 0.491 e. The number of aromatic nitrogens is 4. The third-order valence-electron chi connectivity index (χ3n) is 6.24. The van der Waals surface area contributed by atoms with Gasteiger partial charge in [0.25, 0.3) is 0 Å². The van der Waals surface area contributed by atoms with Crippen molar-refractivity contribution in [1.82, 2.24) is 30.4 Å². The molecule has 2 aromatic heterocycles. The summed E-state index contributed by atoms with van der Waals surface area (Å²) in [5.74, 6) is 1.75. The average molecular weight is 452 g/mol. The second kappa shape index (κ2) is 10.0. The van der Waals surface area contributed by atoms with Crippen LogP contribution in [0.2, 0.25) is 0 Å². The highest BCUT2D eigenvalue weighted by molar-refractivity contribution is 5.93. The Bertz CT molecular complexity index is 1060. The lowest BCUT2D eigenvalue weighted by Gasteiger charge is -2.35. The molecule has 3 aromatic rings. The van der Waals surface area contributed by atoms with Crippen LogP contribution in [0.5, 0.6) is 5.75 Å². The average Bonchev–Trinajstić information content (AvgIpc) is 3.27. The third kappa shape index (κ3) is 5.26. The summed E-state index contributed by atoms with van der Waals surface area (Å²) < 4.78 is 11.9. The van der Waals surface area contributed by atoms with Gasteiger partial charge in [0.2, 0.25) is 0 Å². The minimum atomic E-state index is 0.115. The van der Waals surface area contributed by atoms with Gasteiger partial charge in [0.05, 0.1) is 30.0 Å². The monoisotopic (exact) mass is 451 g/mol. The van der Waals surface area contributed by atoms with Gasteiger partial charge in [-0.05, 0) is 38.5 Å². The number of anilines is 1. The van der Waals surface area contributed by atoms with E-state index in [1.54, 1.807) is 6.33 Å². The van der Waals surface area contributed by atoms with Gasteiger partial charge in [0.15, 0.2) is 0 Å². The van der Waals surface area contributed by atoms with Gasteiger partial charge >= 0.3 is 0 Å². The number of H-pyrrole nitrogens is 1. The second-order valence-electron chi connectivity index (χ2n) is 9.03. The molecule has 1 aromatic carbocycles. The molecular weight excluding hydrogens is 418 g/mol. The van der Waals surface area contributed by atoms with Crippen LogP contribution < -0.4 is 15.0 Å². The molecule has 9 nitrogen and oxygen atoms in total. The molecule has 0 unspecified atom stereocenters. The van der Waals surface area contributed by atoms with Crippen LogP contribution >= 0.6 is 0 Å². The van der Waals surface area contributed by atoms with Crippen molar-refractivity contribution in [2.24, 2.45) is 0 Å². The molecule has 1 atom stereocenters. The van der Waals surface area contributed by atoms with E-state index < -0.39 is 0 Å². The van der Waals surface area contributed by atoms with Crippen LogP contribution in [0.1, 0.15) is 20.3 Å². The number of hydrogen-bond acceptors (Lipinski definition) is 8. The Kier molecular flexibility index (Phi) is 6.70. The topological polar surface area (TPSA) is 91.4 Å². The summed E-state index contributed by atoms with van der Waals surface area (Å²) in [6.07, 6.45) is 3.00. The molecule has 33 heavy (non-hydrogen) atoms. The minimum Gasteiger partial charge on any atom is -0.491 e. The fraction of sp³-hybridized carbons (Fsp3) is 0.542. The van der Waals surface area contributed by atoms with Crippen molar-refractivity contribution in [1.29, 1.82) is 0 Å². The fourth-order valence-corrected chi connectivity index (χ4v) is 4.55. The Labute approximate surface area is 194 Å². The van der Waals surface area contributed by atoms with Crippen molar-refractivity contribution < 1.29 is 9.47 Å². The van der Waals surface area contributed by atoms with E-state index in [4.69, 9.17) is 9.47 Å². The first-order valence-corrected chi connectivity index (χ1v) is 11.9. The highest BCUT2D eigenvalue weighted by Crippen LogP contribution is 2.30. The Morgan fingerprint density at radius 2 is 2.03 bits per heavy atom. The van der Waals surface area contributed by atoms with Crippen LogP contribution in [0.15, 0.2) is 30.6 Å². The van der Waals surface area contributed by atoms with Crippen molar-refractivity contribution in [2.75, 3.05) is 57.3 Å². The lowest BCUT2D eigenvalue weighted by Crippen LogP contribution is -2.47. The molecule has 0 spiro atoms. The number of nitrogens with zero attached hydrogens (tertiary/aromatic N) is 5. The molecule has 0 bridgehead atoms. The normalized spacial score (nSPS) is 20.0. The summed E-state index contributed by atoms with van der Waals surface area (Å²) >= 11 is 0. The molecule has 4 heterocycles. The van der Waals surface area contributed by atoms with Crippen LogP contribution in [0.25, 0.3) is 22.3 Å². The number of nitrogens with one attached hydrogen (secondary N) is 2. The number of ether oxygens (including phenoxy) is 2. The maximum Gasteiger partial charge on any atom is 0.132 e. The van der Waals surface area contributed by atoms with Crippen molar-refractivity contribution in [2.45, 2.75) is 32.5 Å². The Hall–Kier alpha value is -2.75. The van der Waals surface area contributed by atoms with Crippen molar-refractivity contribution in [3.63, 3.8) is 0 Å². The predicted molar refractivity (Wildman–Crippen MR) is 129 cm³/mol. The van der Waals surface area contributed by atoms with E-state index in [0.717, 1.165) is 86.1 Å². The zero-order valence-corrected chi connectivity index (χ0v) is 19.5. The zero-order valence-electron chi connectivity index (χ0n) is 19.5. The smallest absolute Gasteiger partial charge is 0.132 e. The first-order valence-electron chi connectivity index (χ1n) is 11.9. The van der Waals surface area contributed by atoms with Crippen molar-refractivity contribution in [3.8, 4) is 17.1 Å². The first kappa shape index (κ1) is 22.1. The van der Waals surface area contributed by atoms with E-state index in [9.17, 15) is 0 Å². The summed E-state index contributed by atoms with van der Waals surface area (Å²) in [7, 11) is 0. The van der Waals surface area contributed by atoms with E-state index in [0.29, 0.717) is 6.61 Å². The van der Waals surface area contributed by atoms with Gasteiger partial charge in [-0.15, -0.1) is 0 Å². The Morgan fingerprint density at radius 1 is 1.15 bits per heavy atom. The van der Waals surface area contributed by atoms with Gasteiger partial charge in [0, 0.05) is 57.3 Å². The highest BCUT2D eigenvalue weighted by Gasteiger charge is 2.23. The molecule has 2 fully saturated rings. The van der Waals surface area contributed by atoms with E-state index >= 15 is 0 Å². The predicted octanol–water partition coefficient (Wildman–Crippen LogP) is 2.31. The summed E-state index contributed by atoms with van der Waals surface area (Å²) in [4.78, 5) is 13.9. The lowest BCUT2D eigenvalue weighted by molar-refractivity contribution is 0.0274. The maximum absolute atomic E-state index is 6.07. The van der Waals surface area contributed by atoms with Gasteiger partial charge in [-0.2, -0.15) is 5.10 Å². The van der Waals surface area contributed by atoms with Crippen molar-refractivity contribution in [3.05, 3.63) is 30.6 Å². The van der Waals surface area contributed by atoms with Gasteiger partial charge in [0.1, 0.15) is 23.6 Å². The lowest BCUT2D eigenvalue weighted by atomic mass is 10.1. The van der Waals surface area contributed by atoms with E-state index in [2.05, 4.69) is 35.3 Å². The molecule has 2 aliphatic heterocycles. The number of hydrogen-bond donors (Lipinski definition) is 2. The van der Waals surface area contributed by atoms with Crippen molar-refractivity contribution >= 4 is 16.7 Å². The zero-order chi connectivity index (χ0) is 22.6. The van der Waals surface area contributed by atoms with Gasteiger partial charge in [-0.1, -0.05) is 0 Å². The molecular formula is C24H33N7O2. The molecule has 0 amide bonds. The Balaban J connectivity index is 1.30. The standard InChI is InChI=1S/C24H33N7O2/c1-17(2)33-18-3-4-21-20(13-18)24(29-28-21)22-14-23(27-16-26-22)31-11-12-32-19(15-31)5-8-30-9-6-25-7-10-30/h3-4,13-14,16-17,19,25H,5-12,15H2,1-2H3,(H,28,29)/t19-/m0/s1. The third-order valence-corrected chi connectivity index (χ3v) is 6.24. The van der Waals surface area contributed by atoms with E-state index in [1.807, 2.05) is 38.1 Å². The number of rotatable bonds is 7.